The lowest BCUT2D eigenvalue weighted by atomic mass is 10.1. The van der Waals surface area contributed by atoms with Crippen LogP contribution in [0.25, 0.3) is 0 Å². The van der Waals surface area contributed by atoms with Crippen LogP contribution in [-0.2, 0) is 6.54 Å². The molecule has 5 nitrogen and oxygen atoms in total. The van der Waals surface area contributed by atoms with E-state index in [9.17, 15) is 0 Å². The lowest BCUT2D eigenvalue weighted by Gasteiger charge is -2.33. The molecule has 3 rings (SSSR count). The Morgan fingerprint density at radius 3 is 2.35 bits per heavy atom. The van der Waals surface area contributed by atoms with Gasteiger partial charge in [0.25, 0.3) is 0 Å². The number of ether oxygens (including phenoxy) is 2. The summed E-state index contributed by atoms with van der Waals surface area (Å²) in [6, 6.07) is 14.6. The highest BCUT2D eigenvalue weighted by Crippen LogP contribution is 2.23. The molecule has 138 valence electrons. The Labute approximate surface area is 155 Å². The molecule has 1 aliphatic heterocycles. The maximum absolute atomic E-state index is 5.42. The van der Waals surface area contributed by atoms with Gasteiger partial charge in [-0.3, -0.25) is 9.91 Å². The number of hydrogen-bond donors (Lipinski definition) is 0. The van der Waals surface area contributed by atoms with Crippen LogP contribution in [-0.4, -0.2) is 56.5 Å². The maximum atomic E-state index is 5.42. The molecule has 1 fully saturated rings. The summed E-state index contributed by atoms with van der Waals surface area (Å²) < 4.78 is 10.7. The fourth-order valence-electron chi connectivity index (χ4n) is 3.03. The lowest BCUT2D eigenvalue weighted by molar-refractivity contribution is 0.131. The molecule has 26 heavy (non-hydrogen) atoms. The zero-order valence-corrected chi connectivity index (χ0v) is 15.8. The van der Waals surface area contributed by atoms with Crippen LogP contribution in [0, 0.1) is 6.92 Å². The van der Waals surface area contributed by atoms with Crippen molar-refractivity contribution in [3.05, 3.63) is 59.2 Å². The summed E-state index contributed by atoms with van der Waals surface area (Å²) in [5.41, 5.74) is 3.63. The highest BCUT2D eigenvalue weighted by molar-refractivity contribution is 5.83. The van der Waals surface area contributed by atoms with Crippen molar-refractivity contribution < 1.29 is 9.47 Å². The van der Waals surface area contributed by atoms with E-state index in [-0.39, 0.29) is 0 Å². The van der Waals surface area contributed by atoms with Gasteiger partial charge >= 0.3 is 0 Å². The topological polar surface area (TPSA) is 37.3 Å². The van der Waals surface area contributed by atoms with Gasteiger partial charge in [0.05, 0.1) is 20.4 Å². The van der Waals surface area contributed by atoms with Crippen LogP contribution in [0.3, 0.4) is 0 Å². The van der Waals surface area contributed by atoms with E-state index in [1.807, 2.05) is 24.4 Å². The molecule has 0 amide bonds. The molecule has 1 aliphatic rings. The van der Waals surface area contributed by atoms with Crippen LogP contribution in [0.4, 0.5) is 0 Å². The van der Waals surface area contributed by atoms with Gasteiger partial charge < -0.3 is 9.47 Å². The molecule has 0 spiro atoms. The quantitative estimate of drug-likeness (QED) is 0.748. The first-order chi connectivity index (χ1) is 12.7. The van der Waals surface area contributed by atoms with E-state index in [4.69, 9.17) is 9.47 Å². The summed E-state index contributed by atoms with van der Waals surface area (Å²) in [4.78, 5) is 2.48. The van der Waals surface area contributed by atoms with Crippen molar-refractivity contribution in [3.8, 4) is 11.5 Å². The highest BCUT2D eigenvalue weighted by Gasteiger charge is 2.15. The van der Waals surface area contributed by atoms with Crippen molar-refractivity contribution in [2.45, 2.75) is 13.5 Å². The normalized spacial score (nSPS) is 15.4. The fourth-order valence-corrected chi connectivity index (χ4v) is 3.03. The van der Waals surface area contributed by atoms with Crippen molar-refractivity contribution >= 4 is 6.21 Å². The third kappa shape index (κ3) is 4.76. The Bertz CT molecular complexity index is 735. The number of hydrogen-bond acceptors (Lipinski definition) is 5. The molecule has 0 N–H and O–H groups in total. The van der Waals surface area contributed by atoms with Crippen molar-refractivity contribution in [1.82, 2.24) is 9.91 Å². The van der Waals surface area contributed by atoms with E-state index in [0.717, 1.165) is 49.8 Å². The van der Waals surface area contributed by atoms with Gasteiger partial charge in [0, 0.05) is 44.4 Å². The molecule has 0 bridgehead atoms. The molecule has 5 heteroatoms. The van der Waals surface area contributed by atoms with E-state index >= 15 is 0 Å². The van der Waals surface area contributed by atoms with Crippen molar-refractivity contribution in [2.75, 3.05) is 40.4 Å². The third-order valence-electron chi connectivity index (χ3n) is 4.68. The Balaban J connectivity index is 1.53. The van der Waals surface area contributed by atoms with Gasteiger partial charge in [-0.25, -0.2) is 0 Å². The standard InChI is InChI=1S/C21H27N3O2/c1-17-4-6-18(7-5-17)16-23-10-12-24(13-11-23)22-15-19-8-9-20(25-2)14-21(19)26-3/h4-9,14-15H,10-13,16H2,1-3H3/b22-15-. The molecule has 0 unspecified atom stereocenters. The minimum Gasteiger partial charge on any atom is -0.497 e. The summed E-state index contributed by atoms with van der Waals surface area (Å²) in [5, 5.41) is 6.75. The Morgan fingerprint density at radius 1 is 0.962 bits per heavy atom. The number of rotatable bonds is 6. The molecule has 0 aromatic heterocycles. The SMILES string of the molecule is COc1ccc(/C=N\N2CCN(Cc3ccc(C)cc3)CC2)c(OC)c1. The second-order valence-corrected chi connectivity index (χ2v) is 6.57. The smallest absolute Gasteiger partial charge is 0.131 e. The first-order valence-corrected chi connectivity index (χ1v) is 8.97. The van der Waals surface area contributed by atoms with Crippen molar-refractivity contribution in [2.24, 2.45) is 5.10 Å². The van der Waals surface area contributed by atoms with Crippen LogP contribution in [0.5, 0.6) is 11.5 Å². The molecule has 1 saturated heterocycles. The number of aryl methyl sites for hydroxylation is 1. The molecular weight excluding hydrogens is 326 g/mol. The monoisotopic (exact) mass is 353 g/mol. The molecule has 1 heterocycles. The Kier molecular flexibility index (Phi) is 6.12. The van der Waals surface area contributed by atoms with Gasteiger partial charge in [0.1, 0.15) is 11.5 Å². The van der Waals surface area contributed by atoms with Crippen LogP contribution in [0.1, 0.15) is 16.7 Å². The molecule has 0 aliphatic carbocycles. The molecule has 0 saturated carbocycles. The summed E-state index contributed by atoms with van der Waals surface area (Å²) in [5.74, 6) is 1.55. The second kappa shape index (κ2) is 8.72. The predicted molar refractivity (Wildman–Crippen MR) is 105 cm³/mol. The number of piperazine rings is 1. The zero-order chi connectivity index (χ0) is 18.4. The minimum absolute atomic E-state index is 0.770. The largest absolute Gasteiger partial charge is 0.497 e. The predicted octanol–water partition coefficient (Wildman–Crippen LogP) is 3.16. The van der Waals surface area contributed by atoms with Gasteiger partial charge in [0.2, 0.25) is 0 Å². The minimum atomic E-state index is 0.770. The van der Waals surface area contributed by atoms with E-state index in [0.29, 0.717) is 0 Å². The van der Waals surface area contributed by atoms with E-state index in [2.05, 4.69) is 46.2 Å². The van der Waals surface area contributed by atoms with Crippen LogP contribution < -0.4 is 9.47 Å². The second-order valence-electron chi connectivity index (χ2n) is 6.57. The highest BCUT2D eigenvalue weighted by atomic mass is 16.5. The molecule has 0 atom stereocenters. The lowest BCUT2D eigenvalue weighted by Crippen LogP contribution is -2.43. The first-order valence-electron chi connectivity index (χ1n) is 8.97. The number of hydrazone groups is 1. The van der Waals surface area contributed by atoms with Gasteiger partial charge in [-0.05, 0) is 24.6 Å². The molecule has 0 radical (unpaired) electrons. The number of benzene rings is 2. The molecule has 2 aromatic rings. The van der Waals surface area contributed by atoms with Gasteiger partial charge in [-0.1, -0.05) is 29.8 Å². The summed E-state index contributed by atoms with van der Waals surface area (Å²) in [6.07, 6.45) is 1.87. The summed E-state index contributed by atoms with van der Waals surface area (Å²) in [6.45, 7) is 7.03. The summed E-state index contributed by atoms with van der Waals surface area (Å²) >= 11 is 0. The van der Waals surface area contributed by atoms with Crippen LogP contribution in [0.2, 0.25) is 0 Å². The Hall–Kier alpha value is -2.53. The number of methoxy groups -OCH3 is 2. The Morgan fingerprint density at radius 2 is 1.69 bits per heavy atom. The van der Waals surface area contributed by atoms with Crippen molar-refractivity contribution in [3.63, 3.8) is 0 Å². The van der Waals surface area contributed by atoms with E-state index in [1.54, 1.807) is 14.2 Å². The fraction of sp³-hybridized carbons (Fsp3) is 0.381. The average molecular weight is 353 g/mol. The third-order valence-corrected chi connectivity index (χ3v) is 4.68. The first kappa shape index (κ1) is 18.3. The average Bonchev–Trinajstić information content (AvgIpc) is 2.69. The van der Waals surface area contributed by atoms with Gasteiger partial charge in [0.15, 0.2) is 0 Å². The van der Waals surface area contributed by atoms with Crippen LogP contribution >= 0.6 is 0 Å². The van der Waals surface area contributed by atoms with Gasteiger partial charge in [-0.15, -0.1) is 0 Å². The summed E-state index contributed by atoms with van der Waals surface area (Å²) in [7, 11) is 3.31. The van der Waals surface area contributed by atoms with Crippen LogP contribution in [0.15, 0.2) is 47.6 Å². The molecular formula is C21H27N3O2. The molecule has 2 aromatic carbocycles. The number of nitrogens with zero attached hydrogens (tertiary/aromatic N) is 3. The van der Waals surface area contributed by atoms with Crippen molar-refractivity contribution in [1.29, 1.82) is 0 Å². The van der Waals surface area contributed by atoms with E-state index < -0.39 is 0 Å². The van der Waals surface area contributed by atoms with Gasteiger partial charge in [-0.2, -0.15) is 5.10 Å². The zero-order valence-electron chi connectivity index (χ0n) is 15.8. The maximum Gasteiger partial charge on any atom is 0.131 e. The van der Waals surface area contributed by atoms with E-state index in [1.165, 1.54) is 11.1 Å².